The Balaban J connectivity index is 2.47. The number of nitriles is 1. The van der Waals surface area contributed by atoms with Crippen LogP contribution < -0.4 is 5.32 Å². The molecule has 1 N–H and O–H groups in total. The lowest BCUT2D eigenvalue weighted by atomic mass is 9.95. The molecule has 16 heavy (non-hydrogen) atoms. The highest BCUT2D eigenvalue weighted by atomic mass is 16.2. The molecule has 0 radical (unpaired) electrons. The van der Waals surface area contributed by atoms with Crippen LogP contribution in [0.1, 0.15) is 19.8 Å². The Morgan fingerprint density at radius 2 is 2.00 bits per heavy atom. The summed E-state index contributed by atoms with van der Waals surface area (Å²) < 4.78 is 0. The lowest BCUT2D eigenvalue weighted by Crippen LogP contribution is -2.44. The standard InChI is InChI=1S/C11H17N3O2/c1-8(7-12)11(16)14-5-3-9(4-6-14)10(15)13-2/h8-9H,3-6H2,1-2H3,(H,13,15). The Morgan fingerprint density at radius 3 is 2.44 bits per heavy atom. The van der Waals surface area contributed by atoms with Crippen LogP contribution in [-0.4, -0.2) is 36.9 Å². The summed E-state index contributed by atoms with van der Waals surface area (Å²) in [5.41, 5.74) is 0. The summed E-state index contributed by atoms with van der Waals surface area (Å²) in [7, 11) is 1.62. The predicted molar refractivity (Wildman–Crippen MR) is 58.1 cm³/mol. The normalized spacial score (nSPS) is 18.7. The number of carbonyl (C=O) groups is 2. The van der Waals surface area contributed by atoms with Gasteiger partial charge in [-0.1, -0.05) is 0 Å². The van der Waals surface area contributed by atoms with Crippen LogP contribution in [0.4, 0.5) is 0 Å². The van der Waals surface area contributed by atoms with Gasteiger partial charge in [0, 0.05) is 26.1 Å². The lowest BCUT2D eigenvalue weighted by molar-refractivity contribution is -0.137. The first kappa shape index (κ1) is 12.5. The molecule has 2 amide bonds. The van der Waals surface area contributed by atoms with Gasteiger partial charge >= 0.3 is 0 Å². The molecule has 1 unspecified atom stereocenters. The quantitative estimate of drug-likeness (QED) is 0.723. The number of rotatable bonds is 2. The summed E-state index contributed by atoms with van der Waals surface area (Å²) in [6.45, 7) is 2.75. The van der Waals surface area contributed by atoms with Gasteiger partial charge in [0.05, 0.1) is 6.07 Å². The third kappa shape index (κ3) is 2.72. The second kappa shape index (κ2) is 5.50. The summed E-state index contributed by atoms with van der Waals surface area (Å²) in [4.78, 5) is 24.7. The molecule has 0 aliphatic carbocycles. The molecule has 5 nitrogen and oxygen atoms in total. The van der Waals surface area contributed by atoms with E-state index in [0.29, 0.717) is 25.9 Å². The number of nitrogens with zero attached hydrogens (tertiary/aromatic N) is 2. The minimum Gasteiger partial charge on any atom is -0.359 e. The Hall–Kier alpha value is -1.57. The summed E-state index contributed by atoms with van der Waals surface area (Å²) in [6, 6.07) is 1.94. The van der Waals surface area contributed by atoms with Crippen LogP contribution in [0.15, 0.2) is 0 Å². The fraction of sp³-hybridized carbons (Fsp3) is 0.727. The van der Waals surface area contributed by atoms with Crippen LogP contribution in [0.5, 0.6) is 0 Å². The maximum absolute atomic E-state index is 11.7. The SMILES string of the molecule is CNC(=O)C1CCN(C(=O)C(C)C#N)CC1. The smallest absolute Gasteiger partial charge is 0.239 e. The molecule has 0 spiro atoms. The van der Waals surface area contributed by atoms with Crippen molar-refractivity contribution in [1.82, 2.24) is 10.2 Å². The van der Waals surface area contributed by atoms with Crippen LogP contribution in [0.25, 0.3) is 0 Å². The predicted octanol–water partition coefficient (Wildman–Crippen LogP) is 0.131. The van der Waals surface area contributed by atoms with E-state index in [-0.39, 0.29) is 17.7 Å². The van der Waals surface area contributed by atoms with Crippen molar-refractivity contribution in [2.45, 2.75) is 19.8 Å². The molecule has 1 aliphatic rings. The van der Waals surface area contributed by atoms with Crippen LogP contribution in [-0.2, 0) is 9.59 Å². The second-order valence-electron chi connectivity index (χ2n) is 4.06. The van der Waals surface area contributed by atoms with E-state index in [9.17, 15) is 9.59 Å². The third-order valence-corrected chi connectivity index (χ3v) is 2.99. The topological polar surface area (TPSA) is 73.2 Å². The molecular weight excluding hydrogens is 206 g/mol. The Labute approximate surface area is 95.4 Å². The molecule has 1 aliphatic heterocycles. The highest BCUT2D eigenvalue weighted by Crippen LogP contribution is 2.18. The van der Waals surface area contributed by atoms with Gasteiger partial charge in [0.15, 0.2) is 0 Å². The molecule has 1 fully saturated rings. The number of carbonyl (C=O) groups excluding carboxylic acids is 2. The molecule has 0 aromatic heterocycles. The minimum atomic E-state index is -0.587. The fourth-order valence-electron chi connectivity index (χ4n) is 1.90. The zero-order valence-electron chi connectivity index (χ0n) is 9.69. The van der Waals surface area contributed by atoms with Crippen molar-refractivity contribution < 1.29 is 9.59 Å². The van der Waals surface area contributed by atoms with Gasteiger partial charge in [0.2, 0.25) is 11.8 Å². The van der Waals surface area contributed by atoms with Crippen LogP contribution in [0, 0.1) is 23.2 Å². The van der Waals surface area contributed by atoms with Crippen molar-refractivity contribution in [3.63, 3.8) is 0 Å². The number of likely N-dealkylation sites (tertiary alicyclic amines) is 1. The average molecular weight is 223 g/mol. The van der Waals surface area contributed by atoms with Gasteiger partial charge in [-0.3, -0.25) is 9.59 Å². The van der Waals surface area contributed by atoms with Crippen LogP contribution in [0.3, 0.4) is 0 Å². The third-order valence-electron chi connectivity index (χ3n) is 2.99. The van der Waals surface area contributed by atoms with Crippen molar-refractivity contribution in [2.24, 2.45) is 11.8 Å². The zero-order chi connectivity index (χ0) is 12.1. The minimum absolute atomic E-state index is 0.00596. The van der Waals surface area contributed by atoms with E-state index in [1.165, 1.54) is 0 Å². The molecule has 1 heterocycles. The van der Waals surface area contributed by atoms with Crippen LogP contribution >= 0.6 is 0 Å². The fourth-order valence-corrected chi connectivity index (χ4v) is 1.90. The number of hydrogen-bond acceptors (Lipinski definition) is 3. The van der Waals surface area contributed by atoms with Crippen LogP contribution in [0.2, 0.25) is 0 Å². The Morgan fingerprint density at radius 1 is 1.44 bits per heavy atom. The maximum atomic E-state index is 11.7. The number of piperidine rings is 1. The first-order valence-electron chi connectivity index (χ1n) is 5.50. The lowest BCUT2D eigenvalue weighted by Gasteiger charge is -2.31. The zero-order valence-corrected chi connectivity index (χ0v) is 9.69. The van der Waals surface area contributed by atoms with E-state index in [1.807, 2.05) is 6.07 Å². The van der Waals surface area contributed by atoms with Crippen molar-refractivity contribution >= 4 is 11.8 Å². The summed E-state index contributed by atoms with van der Waals surface area (Å²) >= 11 is 0. The molecule has 0 aromatic rings. The monoisotopic (exact) mass is 223 g/mol. The van der Waals surface area contributed by atoms with Gasteiger partial charge in [0.25, 0.3) is 0 Å². The summed E-state index contributed by atoms with van der Waals surface area (Å²) in [5, 5.41) is 11.3. The van der Waals surface area contributed by atoms with E-state index in [0.717, 1.165) is 0 Å². The Bertz CT molecular complexity index is 314. The second-order valence-corrected chi connectivity index (χ2v) is 4.06. The largest absolute Gasteiger partial charge is 0.359 e. The average Bonchev–Trinajstić information content (AvgIpc) is 2.36. The molecule has 1 saturated heterocycles. The molecule has 0 aromatic carbocycles. The Kier molecular flexibility index (Phi) is 4.29. The number of nitrogens with one attached hydrogen (secondary N) is 1. The first-order valence-corrected chi connectivity index (χ1v) is 5.50. The molecule has 5 heteroatoms. The van der Waals surface area contributed by atoms with Gasteiger partial charge in [-0.2, -0.15) is 5.26 Å². The maximum Gasteiger partial charge on any atom is 0.239 e. The number of hydrogen-bond donors (Lipinski definition) is 1. The molecule has 88 valence electrons. The van der Waals surface area contributed by atoms with Gasteiger partial charge in [-0.15, -0.1) is 0 Å². The first-order chi connectivity index (χ1) is 7.60. The van der Waals surface area contributed by atoms with E-state index < -0.39 is 5.92 Å². The van der Waals surface area contributed by atoms with Crippen molar-refractivity contribution in [3.8, 4) is 6.07 Å². The van der Waals surface area contributed by atoms with Crippen molar-refractivity contribution in [2.75, 3.05) is 20.1 Å². The highest BCUT2D eigenvalue weighted by molar-refractivity contribution is 5.82. The summed E-state index contributed by atoms with van der Waals surface area (Å²) in [6.07, 6.45) is 1.37. The summed E-state index contributed by atoms with van der Waals surface area (Å²) in [5.74, 6) is -0.665. The van der Waals surface area contributed by atoms with E-state index in [1.54, 1.807) is 18.9 Å². The molecule has 0 saturated carbocycles. The molecule has 0 bridgehead atoms. The van der Waals surface area contributed by atoms with Gasteiger partial charge in [0.1, 0.15) is 5.92 Å². The molecular formula is C11H17N3O2. The highest BCUT2D eigenvalue weighted by Gasteiger charge is 2.28. The van der Waals surface area contributed by atoms with Gasteiger partial charge in [-0.25, -0.2) is 0 Å². The van der Waals surface area contributed by atoms with E-state index in [2.05, 4.69) is 5.32 Å². The number of amides is 2. The van der Waals surface area contributed by atoms with Crippen molar-refractivity contribution in [3.05, 3.63) is 0 Å². The van der Waals surface area contributed by atoms with Gasteiger partial charge in [-0.05, 0) is 19.8 Å². The molecule has 1 atom stereocenters. The van der Waals surface area contributed by atoms with Gasteiger partial charge < -0.3 is 10.2 Å². The van der Waals surface area contributed by atoms with E-state index >= 15 is 0 Å². The van der Waals surface area contributed by atoms with Crippen molar-refractivity contribution in [1.29, 1.82) is 5.26 Å². The molecule has 1 rings (SSSR count). The van der Waals surface area contributed by atoms with E-state index in [4.69, 9.17) is 5.26 Å².